The minimum atomic E-state index is -1.11. The zero-order valence-electron chi connectivity index (χ0n) is 9.21. The Kier molecular flexibility index (Phi) is 2.82. The van der Waals surface area contributed by atoms with E-state index >= 15 is 0 Å². The number of benzene rings is 1. The number of esters is 1. The van der Waals surface area contributed by atoms with Gasteiger partial charge < -0.3 is 9.84 Å². The smallest absolute Gasteiger partial charge is 0.416 e. The van der Waals surface area contributed by atoms with Gasteiger partial charge in [0.25, 0.3) is 0 Å². The van der Waals surface area contributed by atoms with Gasteiger partial charge in [0.2, 0.25) is 0 Å². The number of nitrogens with zero attached hydrogens (tertiary/aromatic N) is 1. The third-order valence-electron chi connectivity index (χ3n) is 2.53. The second-order valence-corrected chi connectivity index (χ2v) is 3.57. The van der Waals surface area contributed by atoms with Crippen molar-refractivity contribution in [3.05, 3.63) is 36.0 Å². The maximum absolute atomic E-state index is 11.2. The number of rotatable bonds is 2. The number of ether oxygens (including phenoxy) is 1. The quantitative estimate of drug-likeness (QED) is 0.804. The fourth-order valence-corrected chi connectivity index (χ4v) is 1.79. The Bertz CT molecular complexity index is 585. The Morgan fingerprint density at radius 1 is 1.35 bits per heavy atom. The van der Waals surface area contributed by atoms with Gasteiger partial charge in [-0.25, -0.2) is 9.36 Å². The summed E-state index contributed by atoms with van der Waals surface area (Å²) in [6.07, 6.45) is -1.16. The van der Waals surface area contributed by atoms with Crippen molar-refractivity contribution < 1.29 is 19.4 Å². The van der Waals surface area contributed by atoms with E-state index in [0.29, 0.717) is 11.2 Å². The summed E-state index contributed by atoms with van der Waals surface area (Å²) in [4.78, 5) is 22.4. The minimum absolute atomic E-state index is 0.0581. The van der Waals surface area contributed by atoms with Crippen LogP contribution in [0.5, 0.6) is 0 Å². The van der Waals surface area contributed by atoms with Crippen molar-refractivity contribution in [2.24, 2.45) is 0 Å². The number of fused-ring (bicyclic) bond motifs is 1. The fraction of sp³-hybridized carbons (Fsp3) is 0.167. The Morgan fingerprint density at radius 3 is 2.71 bits per heavy atom. The number of carbonyl (C=O) groups excluding carboxylic acids is 1. The van der Waals surface area contributed by atoms with E-state index < -0.39 is 12.1 Å². The first kappa shape index (κ1) is 11.2. The average Bonchev–Trinajstić information content (AvgIpc) is 2.66. The molecule has 0 aliphatic rings. The van der Waals surface area contributed by atoms with Crippen molar-refractivity contribution in [2.75, 3.05) is 7.11 Å². The summed E-state index contributed by atoms with van der Waals surface area (Å²) in [5.74, 6) is -0.463. The average molecular weight is 233 g/mol. The summed E-state index contributed by atoms with van der Waals surface area (Å²) in [5.41, 5.74) is 0.976. The van der Waals surface area contributed by atoms with E-state index in [2.05, 4.69) is 4.74 Å². The Labute approximate surface area is 97.2 Å². The van der Waals surface area contributed by atoms with E-state index in [1.807, 2.05) is 6.07 Å². The molecule has 0 spiro atoms. The molecule has 2 aromatic rings. The van der Waals surface area contributed by atoms with Gasteiger partial charge in [-0.05, 0) is 12.1 Å². The summed E-state index contributed by atoms with van der Waals surface area (Å²) in [6.45, 7) is 0. The number of aromatic nitrogens is 1. The number of hydrogen-bond donors (Lipinski definition) is 1. The lowest BCUT2D eigenvalue weighted by Gasteiger charge is -2.03. The molecule has 1 heterocycles. The van der Waals surface area contributed by atoms with E-state index in [9.17, 15) is 9.59 Å². The highest BCUT2D eigenvalue weighted by Gasteiger charge is 2.16. The Hall–Kier alpha value is -2.30. The molecule has 88 valence electrons. The largest absolute Gasteiger partial charge is 0.469 e. The van der Waals surface area contributed by atoms with Gasteiger partial charge in [-0.1, -0.05) is 18.2 Å². The van der Waals surface area contributed by atoms with Crippen molar-refractivity contribution in [3.8, 4) is 0 Å². The molecule has 0 saturated heterocycles. The van der Waals surface area contributed by atoms with Crippen LogP contribution in [-0.2, 0) is 16.0 Å². The lowest BCUT2D eigenvalue weighted by molar-refractivity contribution is -0.139. The van der Waals surface area contributed by atoms with Crippen LogP contribution < -0.4 is 0 Å². The molecule has 0 fully saturated rings. The van der Waals surface area contributed by atoms with Crippen molar-refractivity contribution in [2.45, 2.75) is 6.42 Å². The van der Waals surface area contributed by atoms with Crippen LogP contribution in [-0.4, -0.2) is 28.8 Å². The first-order chi connectivity index (χ1) is 8.13. The monoisotopic (exact) mass is 233 g/mol. The minimum Gasteiger partial charge on any atom is -0.469 e. The second kappa shape index (κ2) is 4.29. The maximum Gasteiger partial charge on any atom is 0.416 e. The van der Waals surface area contributed by atoms with E-state index in [1.54, 1.807) is 24.3 Å². The Balaban J connectivity index is 2.57. The van der Waals surface area contributed by atoms with Crippen molar-refractivity contribution in [1.29, 1.82) is 0 Å². The zero-order valence-corrected chi connectivity index (χ0v) is 9.21. The van der Waals surface area contributed by atoms with Gasteiger partial charge in [-0.15, -0.1) is 0 Å². The standard InChI is InChI=1S/C12H11NO4/c1-17-11(14)7-9-6-8-4-2-3-5-10(8)13(9)12(15)16/h2-6H,7H2,1H3,(H,15,16). The number of methoxy groups -OCH3 is 1. The van der Waals surface area contributed by atoms with E-state index in [4.69, 9.17) is 5.11 Å². The summed E-state index contributed by atoms with van der Waals surface area (Å²) in [5, 5.41) is 9.93. The predicted octanol–water partition coefficient (Wildman–Crippen LogP) is 1.88. The fourth-order valence-electron chi connectivity index (χ4n) is 1.79. The Morgan fingerprint density at radius 2 is 2.06 bits per heavy atom. The number of carbonyl (C=O) groups is 2. The highest BCUT2D eigenvalue weighted by atomic mass is 16.5. The van der Waals surface area contributed by atoms with Crippen LogP contribution in [0, 0.1) is 0 Å². The van der Waals surface area contributed by atoms with Crippen molar-refractivity contribution >= 4 is 23.0 Å². The molecule has 0 saturated carbocycles. The second-order valence-electron chi connectivity index (χ2n) is 3.57. The molecule has 0 amide bonds. The van der Waals surface area contributed by atoms with Crippen LogP contribution in [0.3, 0.4) is 0 Å². The molecule has 1 aromatic heterocycles. The molecule has 5 heteroatoms. The maximum atomic E-state index is 11.2. The molecule has 0 aliphatic heterocycles. The molecule has 1 aromatic carbocycles. The predicted molar refractivity (Wildman–Crippen MR) is 61.1 cm³/mol. The number of hydrogen-bond acceptors (Lipinski definition) is 3. The van der Waals surface area contributed by atoms with Crippen LogP contribution in [0.15, 0.2) is 30.3 Å². The van der Waals surface area contributed by atoms with Gasteiger partial charge in [0.05, 0.1) is 19.0 Å². The molecule has 2 rings (SSSR count). The summed E-state index contributed by atoms with van der Waals surface area (Å²) in [7, 11) is 1.27. The molecule has 0 radical (unpaired) electrons. The van der Waals surface area contributed by atoms with Crippen molar-refractivity contribution in [1.82, 2.24) is 4.57 Å². The molecule has 0 unspecified atom stereocenters. The number of carboxylic acid groups (broad SMARTS) is 1. The van der Waals surface area contributed by atoms with Crippen LogP contribution in [0.25, 0.3) is 10.9 Å². The van der Waals surface area contributed by atoms with Gasteiger partial charge in [-0.3, -0.25) is 4.79 Å². The molecular formula is C12H11NO4. The molecular weight excluding hydrogens is 222 g/mol. The molecule has 17 heavy (non-hydrogen) atoms. The van der Waals surface area contributed by atoms with Crippen LogP contribution in [0.4, 0.5) is 4.79 Å². The first-order valence-corrected chi connectivity index (χ1v) is 5.03. The van der Waals surface area contributed by atoms with Gasteiger partial charge in [0.1, 0.15) is 0 Å². The van der Waals surface area contributed by atoms with Crippen LogP contribution in [0.1, 0.15) is 5.69 Å². The highest BCUT2D eigenvalue weighted by Crippen LogP contribution is 2.20. The molecule has 1 N–H and O–H groups in total. The first-order valence-electron chi connectivity index (χ1n) is 5.03. The lowest BCUT2D eigenvalue weighted by atomic mass is 10.2. The van der Waals surface area contributed by atoms with Crippen LogP contribution >= 0.6 is 0 Å². The van der Waals surface area contributed by atoms with Gasteiger partial charge in [0.15, 0.2) is 0 Å². The van der Waals surface area contributed by atoms with Gasteiger partial charge in [-0.2, -0.15) is 0 Å². The van der Waals surface area contributed by atoms with E-state index in [1.165, 1.54) is 7.11 Å². The van der Waals surface area contributed by atoms with Gasteiger partial charge in [0, 0.05) is 11.1 Å². The lowest BCUT2D eigenvalue weighted by Crippen LogP contribution is -2.15. The van der Waals surface area contributed by atoms with Gasteiger partial charge >= 0.3 is 12.1 Å². The van der Waals surface area contributed by atoms with E-state index in [-0.39, 0.29) is 6.42 Å². The third kappa shape index (κ3) is 1.99. The number of para-hydroxylation sites is 1. The highest BCUT2D eigenvalue weighted by molar-refractivity contribution is 5.91. The molecule has 0 bridgehead atoms. The van der Waals surface area contributed by atoms with Crippen LogP contribution in [0.2, 0.25) is 0 Å². The summed E-state index contributed by atoms with van der Waals surface area (Å²) in [6, 6.07) is 8.75. The normalized spacial score (nSPS) is 10.4. The topological polar surface area (TPSA) is 68.5 Å². The molecule has 0 aliphatic carbocycles. The summed E-state index contributed by atoms with van der Waals surface area (Å²) >= 11 is 0. The zero-order chi connectivity index (χ0) is 12.4. The molecule has 5 nitrogen and oxygen atoms in total. The molecule has 0 atom stereocenters. The third-order valence-corrected chi connectivity index (χ3v) is 2.53. The van der Waals surface area contributed by atoms with Crippen molar-refractivity contribution in [3.63, 3.8) is 0 Å². The van der Waals surface area contributed by atoms with E-state index in [0.717, 1.165) is 9.95 Å². The summed E-state index contributed by atoms with van der Waals surface area (Å²) < 4.78 is 5.64. The SMILES string of the molecule is COC(=O)Cc1cc2ccccc2n1C(=O)O.